The summed E-state index contributed by atoms with van der Waals surface area (Å²) in [4.78, 5) is 32.9. The summed E-state index contributed by atoms with van der Waals surface area (Å²) in [6.07, 6.45) is 13.4. The molecule has 0 unspecified atom stereocenters. The third-order valence-electron chi connectivity index (χ3n) is 8.15. The number of nitrogens with one attached hydrogen (secondary N) is 3. The van der Waals surface area contributed by atoms with E-state index in [9.17, 15) is 0 Å². The predicted molar refractivity (Wildman–Crippen MR) is 197 cm³/mol. The Bertz CT molecular complexity index is 2400. The number of rotatable bonds is 9. The number of hydrazine groups is 1. The average molecular weight is 704 g/mol. The molecule has 6 aromatic heterocycles. The standard InChI is InChI=1S/C36H25Cl3N10/c37-9-10-49(28-7-3-22(4-8-28)34-32(24-15-42-20-43-16-24)30-12-26(39)18-45-36(30)47-34)48-27-5-1-21(2-6-27)33-31(23-13-40-19-41-14-23)29-11-25(38)17-44-35(29)46-33/h1-8,11-20,48H,9-10H2,(H,44,46)(H,45,47). The van der Waals surface area contributed by atoms with Gasteiger partial charge in [0.05, 0.1) is 39.4 Å². The van der Waals surface area contributed by atoms with Crippen molar-refractivity contribution in [2.45, 2.75) is 0 Å². The van der Waals surface area contributed by atoms with Gasteiger partial charge in [0.2, 0.25) is 0 Å². The van der Waals surface area contributed by atoms with Crippen LogP contribution in [0.25, 0.3) is 66.8 Å². The van der Waals surface area contributed by atoms with Crippen LogP contribution in [0.4, 0.5) is 11.4 Å². The zero-order valence-electron chi connectivity index (χ0n) is 25.6. The van der Waals surface area contributed by atoms with Gasteiger partial charge in [-0.25, -0.2) is 29.9 Å². The van der Waals surface area contributed by atoms with E-state index in [4.69, 9.17) is 34.8 Å². The van der Waals surface area contributed by atoms with Crippen molar-refractivity contribution < 1.29 is 0 Å². The molecule has 0 spiro atoms. The highest BCUT2D eigenvalue weighted by Crippen LogP contribution is 2.40. The number of benzene rings is 2. The van der Waals surface area contributed by atoms with Gasteiger partial charge in [-0.1, -0.05) is 47.5 Å². The van der Waals surface area contributed by atoms with E-state index in [-0.39, 0.29) is 0 Å². The summed E-state index contributed by atoms with van der Waals surface area (Å²) in [5.41, 5.74) is 14.2. The Morgan fingerprint density at radius 3 is 1.53 bits per heavy atom. The van der Waals surface area contributed by atoms with Gasteiger partial charge in [-0.2, -0.15) is 0 Å². The van der Waals surface area contributed by atoms with Crippen molar-refractivity contribution in [3.8, 4) is 44.8 Å². The predicted octanol–water partition coefficient (Wildman–Crippen LogP) is 9.07. The summed E-state index contributed by atoms with van der Waals surface area (Å²) >= 11 is 18.9. The van der Waals surface area contributed by atoms with Gasteiger partial charge in [0.15, 0.2) is 0 Å². The summed E-state index contributed by atoms with van der Waals surface area (Å²) in [6, 6.07) is 20.2. The maximum absolute atomic E-state index is 6.34. The Morgan fingerprint density at radius 2 is 1.06 bits per heavy atom. The highest BCUT2D eigenvalue weighted by Gasteiger charge is 2.19. The topological polar surface area (TPSA) is 124 Å². The molecular weight excluding hydrogens is 679 g/mol. The number of nitrogens with zero attached hydrogens (tertiary/aromatic N) is 7. The minimum Gasteiger partial charge on any atom is -0.339 e. The molecule has 2 aromatic carbocycles. The number of pyridine rings is 2. The first-order valence-corrected chi connectivity index (χ1v) is 16.5. The second-order valence-corrected chi connectivity index (χ2v) is 12.4. The fraction of sp³-hybridized carbons (Fsp3) is 0.0556. The van der Waals surface area contributed by atoms with Crippen LogP contribution in [0.3, 0.4) is 0 Å². The molecule has 0 atom stereocenters. The quantitative estimate of drug-likeness (QED) is 0.101. The Morgan fingerprint density at radius 1 is 0.592 bits per heavy atom. The molecule has 240 valence electrons. The highest BCUT2D eigenvalue weighted by molar-refractivity contribution is 6.31. The van der Waals surface area contributed by atoms with Gasteiger partial charge in [0.25, 0.3) is 0 Å². The van der Waals surface area contributed by atoms with E-state index in [2.05, 4.69) is 81.7 Å². The maximum Gasteiger partial charge on any atom is 0.138 e. The zero-order chi connectivity index (χ0) is 33.3. The third-order valence-corrected chi connectivity index (χ3v) is 8.73. The largest absolute Gasteiger partial charge is 0.339 e. The number of anilines is 2. The molecule has 0 aliphatic carbocycles. The summed E-state index contributed by atoms with van der Waals surface area (Å²) < 4.78 is 0. The van der Waals surface area contributed by atoms with Gasteiger partial charge in [0.1, 0.15) is 23.9 Å². The van der Waals surface area contributed by atoms with Crippen LogP contribution >= 0.6 is 34.8 Å². The zero-order valence-corrected chi connectivity index (χ0v) is 27.8. The number of alkyl halides is 1. The monoisotopic (exact) mass is 702 g/mol. The molecule has 13 heteroatoms. The third kappa shape index (κ3) is 6.02. The lowest BCUT2D eigenvalue weighted by atomic mass is 10.0. The number of aromatic amines is 2. The lowest BCUT2D eigenvalue weighted by Gasteiger charge is -2.26. The molecule has 6 heterocycles. The smallest absolute Gasteiger partial charge is 0.138 e. The SMILES string of the molecule is ClCCN(Nc1ccc(-c2[nH]c3ncc(Cl)cc3c2-c2cncnc2)cc1)c1ccc(-c2[nH]c3ncc(Cl)cc3c2-c2cncnc2)cc1. The molecule has 8 rings (SSSR count). The van der Waals surface area contributed by atoms with E-state index in [1.165, 1.54) is 12.7 Å². The van der Waals surface area contributed by atoms with Crippen LogP contribution in [0.15, 0.2) is 110 Å². The molecule has 0 amide bonds. The van der Waals surface area contributed by atoms with Crippen LogP contribution in [0.5, 0.6) is 0 Å². The Labute approximate surface area is 295 Å². The molecule has 0 aliphatic heterocycles. The van der Waals surface area contributed by atoms with E-state index in [1.54, 1.807) is 37.2 Å². The number of fused-ring (bicyclic) bond motifs is 2. The molecule has 10 nitrogen and oxygen atoms in total. The van der Waals surface area contributed by atoms with E-state index in [1.807, 2.05) is 29.3 Å². The number of aromatic nitrogens is 8. The number of hydrogen-bond acceptors (Lipinski definition) is 8. The minimum atomic E-state index is 0.423. The molecule has 0 bridgehead atoms. The first-order valence-electron chi connectivity index (χ1n) is 15.2. The Balaban J connectivity index is 1.09. The van der Waals surface area contributed by atoms with Crippen LogP contribution in [0.1, 0.15) is 0 Å². The van der Waals surface area contributed by atoms with Gasteiger partial charge < -0.3 is 9.97 Å². The molecule has 0 saturated carbocycles. The first-order chi connectivity index (χ1) is 24.1. The van der Waals surface area contributed by atoms with Gasteiger partial charge in [-0.3, -0.25) is 10.4 Å². The Kier molecular flexibility index (Phi) is 8.26. The molecule has 49 heavy (non-hydrogen) atoms. The summed E-state index contributed by atoms with van der Waals surface area (Å²) in [7, 11) is 0. The number of H-pyrrole nitrogens is 2. The van der Waals surface area contributed by atoms with Crippen molar-refractivity contribution in [3.05, 3.63) is 121 Å². The van der Waals surface area contributed by atoms with Crippen molar-refractivity contribution in [2.75, 3.05) is 22.9 Å². The van der Waals surface area contributed by atoms with Gasteiger partial charge in [-0.15, -0.1) is 11.6 Å². The fourth-order valence-corrected chi connectivity index (χ4v) is 6.47. The summed E-state index contributed by atoms with van der Waals surface area (Å²) in [6.45, 7) is 0.566. The lowest BCUT2D eigenvalue weighted by molar-refractivity contribution is 0.953. The molecule has 0 saturated heterocycles. The molecule has 0 fully saturated rings. The summed E-state index contributed by atoms with van der Waals surface area (Å²) in [5, 5.41) is 4.92. The van der Waals surface area contributed by atoms with E-state index < -0.39 is 0 Å². The van der Waals surface area contributed by atoms with Crippen LogP contribution < -0.4 is 10.4 Å². The van der Waals surface area contributed by atoms with Crippen molar-refractivity contribution in [1.29, 1.82) is 0 Å². The number of halogens is 3. The number of hydrogen-bond donors (Lipinski definition) is 3. The van der Waals surface area contributed by atoms with Crippen molar-refractivity contribution in [3.63, 3.8) is 0 Å². The lowest BCUT2D eigenvalue weighted by Crippen LogP contribution is -2.31. The van der Waals surface area contributed by atoms with Crippen LogP contribution in [-0.2, 0) is 0 Å². The normalized spacial score (nSPS) is 11.3. The second-order valence-electron chi connectivity index (χ2n) is 11.2. The minimum absolute atomic E-state index is 0.423. The van der Waals surface area contributed by atoms with E-state index in [0.29, 0.717) is 22.5 Å². The van der Waals surface area contributed by atoms with Crippen LogP contribution in [0, 0.1) is 0 Å². The van der Waals surface area contributed by atoms with Gasteiger partial charge >= 0.3 is 0 Å². The van der Waals surface area contributed by atoms with Crippen LogP contribution in [-0.4, -0.2) is 52.3 Å². The van der Waals surface area contributed by atoms with E-state index >= 15 is 0 Å². The molecular formula is C36H25Cl3N10. The molecule has 3 N–H and O–H groups in total. The molecule has 8 aromatic rings. The van der Waals surface area contributed by atoms with Gasteiger partial charge in [-0.05, 0) is 47.5 Å². The van der Waals surface area contributed by atoms with Crippen molar-refractivity contribution in [2.24, 2.45) is 0 Å². The first kappa shape index (κ1) is 30.8. The summed E-state index contributed by atoms with van der Waals surface area (Å²) in [5.74, 6) is 0.423. The molecule has 0 aliphatic rings. The Hall–Kier alpha value is -5.55. The fourth-order valence-electron chi connectivity index (χ4n) is 5.99. The van der Waals surface area contributed by atoms with E-state index in [0.717, 1.165) is 78.2 Å². The molecule has 0 radical (unpaired) electrons. The average Bonchev–Trinajstić information content (AvgIpc) is 3.71. The second kappa shape index (κ2) is 13.2. The maximum atomic E-state index is 6.34. The van der Waals surface area contributed by atoms with Crippen molar-refractivity contribution in [1.82, 2.24) is 39.9 Å². The van der Waals surface area contributed by atoms with Crippen LogP contribution in [0.2, 0.25) is 10.0 Å². The van der Waals surface area contributed by atoms with Crippen molar-refractivity contribution >= 4 is 68.2 Å². The highest BCUT2D eigenvalue weighted by atomic mass is 35.5. The van der Waals surface area contributed by atoms with Gasteiger partial charge in [0, 0.05) is 76.1 Å².